The number of benzene rings is 1. The fraction of sp³-hybridized carbons (Fsp3) is 0.565. The standard InChI is InChI=1S/C23H31N3O7S/c1-4-25(5-2)34(31,32)17-10-8-9-16(13-17)24-20(27)14-33-23(30)15(3)26-21(28)18-11-6-7-12-19(18)22(26)29/h8-10,13,15,18-19H,4-7,11-12,14H2,1-3H3,(H,24,27). The fourth-order valence-electron chi connectivity index (χ4n) is 4.58. The average Bonchev–Trinajstić information content (AvgIpc) is 3.08. The molecule has 0 aromatic heterocycles. The fourth-order valence-corrected chi connectivity index (χ4v) is 6.08. The minimum atomic E-state index is -3.70. The van der Waals surface area contributed by atoms with Crippen molar-refractivity contribution in [2.75, 3.05) is 25.0 Å². The van der Waals surface area contributed by atoms with Crippen molar-refractivity contribution in [2.24, 2.45) is 11.8 Å². The monoisotopic (exact) mass is 493 g/mol. The van der Waals surface area contributed by atoms with E-state index in [9.17, 15) is 27.6 Å². The summed E-state index contributed by atoms with van der Waals surface area (Å²) in [5.41, 5.74) is 0.233. The molecule has 3 rings (SSSR count). The summed E-state index contributed by atoms with van der Waals surface area (Å²) in [4.78, 5) is 51.1. The van der Waals surface area contributed by atoms with Gasteiger partial charge in [-0.1, -0.05) is 32.8 Å². The number of sulfonamides is 1. The first-order chi connectivity index (χ1) is 16.1. The molecule has 10 nitrogen and oxygen atoms in total. The molecule has 1 aliphatic heterocycles. The van der Waals surface area contributed by atoms with Crippen LogP contribution in [0.15, 0.2) is 29.2 Å². The molecular weight excluding hydrogens is 462 g/mol. The molecule has 1 saturated carbocycles. The molecule has 3 unspecified atom stereocenters. The predicted molar refractivity (Wildman–Crippen MR) is 123 cm³/mol. The van der Waals surface area contributed by atoms with Crippen molar-refractivity contribution in [2.45, 2.75) is 57.4 Å². The third kappa shape index (κ3) is 5.15. The number of amides is 3. The minimum absolute atomic E-state index is 0.0344. The van der Waals surface area contributed by atoms with Gasteiger partial charge in [0.25, 0.3) is 5.91 Å². The van der Waals surface area contributed by atoms with E-state index in [1.165, 1.54) is 35.5 Å². The smallest absolute Gasteiger partial charge is 0.329 e. The Kier molecular flexibility index (Phi) is 8.09. The molecule has 3 amide bonds. The predicted octanol–water partition coefficient (Wildman–Crippen LogP) is 1.76. The zero-order valence-electron chi connectivity index (χ0n) is 19.7. The van der Waals surface area contributed by atoms with Gasteiger partial charge in [0.15, 0.2) is 6.61 Å². The summed E-state index contributed by atoms with van der Waals surface area (Å²) in [6.45, 7) is 4.87. The number of carbonyl (C=O) groups is 4. The van der Waals surface area contributed by atoms with Gasteiger partial charge < -0.3 is 10.1 Å². The molecule has 1 saturated heterocycles. The third-order valence-electron chi connectivity index (χ3n) is 6.41. The van der Waals surface area contributed by atoms with Gasteiger partial charge in [0.1, 0.15) is 6.04 Å². The number of imide groups is 1. The molecule has 1 aromatic carbocycles. The van der Waals surface area contributed by atoms with Crippen LogP contribution in [-0.4, -0.2) is 67.1 Å². The summed E-state index contributed by atoms with van der Waals surface area (Å²) in [7, 11) is -3.70. The van der Waals surface area contributed by atoms with Crippen molar-refractivity contribution >= 4 is 39.4 Å². The Balaban J connectivity index is 1.58. The van der Waals surface area contributed by atoms with Gasteiger partial charge >= 0.3 is 5.97 Å². The van der Waals surface area contributed by atoms with Gasteiger partial charge in [-0.15, -0.1) is 0 Å². The topological polar surface area (TPSA) is 130 Å². The van der Waals surface area contributed by atoms with Crippen molar-refractivity contribution in [1.82, 2.24) is 9.21 Å². The number of anilines is 1. The number of ether oxygens (including phenoxy) is 1. The lowest BCUT2D eigenvalue weighted by Gasteiger charge is -2.21. The Morgan fingerprint density at radius 2 is 1.71 bits per heavy atom. The van der Waals surface area contributed by atoms with Crippen molar-refractivity contribution in [1.29, 1.82) is 0 Å². The van der Waals surface area contributed by atoms with Gasteiger partial charge in [0.2, 0.25) is 21.8 Å². The molecule has 1 N–H and O–H groups in total. The zero-order chi connectivity index (χ0) is 25.0. The molecule has 34 heavy (non-hydrogen) atoms. The van der Waals surface area contributed by atoms with Crippen LogP contribution in [0.2, 0.25) is 0 Å². The van der Waals surface area contributed by atoms with Crippen LogP contribution in [0.4, 0.5) is 5.69 Å². The van der Waals surface area contributed by atoms with E-state index in [-0.39, 0.29) is 34.2 Å². The van der Waals surface area contributed by atoms with Crippen molar-refractivity contribution in [3.05, 3.63) is 24.3 Å². The number of likely N-dealkylation sites (tertiary alicyclic amines) is 1. The number of carbonyl (C=O) groups excluding carboxylic acids is 4. The first kappa shape index (κ1) is 25.8. The molecule has 0 spiro atoms. The van der Waals surface area contributed by atoms with E-state index in [1.54, 1.807) is 13.8 Å². The molecule has 3 atom stereocenters. The van der Waals surface area contributed by atoms with E-state index in [1.807, 2.05) is 0 Å². The summed E-state index contributed by atoms with van der Waals surface area (Å²) in [5, 5.41) is 2.50. The number of nitrogens with zero attached hydrogens (tertiary/aromatic N) is 2. The summed E-state index contributed by atoms with van der Waals surface area (Å²) in [6, 6.07) is 4.67. The molecule has 2 aliphatic rings. The van der Waals surface area contributed by atoms with Crippen molar-refractivity contribution in [3.8, 4) is 0 Å². The van der Waals surface area contributed by atoms with Crippen LogP contribution in [0.5, 0.6) is 0 Å². The van der Waals surface area contributed by atoms with E-state index >= 15 is 0 Å². The van der Waals surface area contributed by atoms with E-state index in [0.29, 0.717) is 25.9 Å². The van der Waals surface area contributed by atoms with E-state index in [4.69, 9.17) is 4.74 Å². The third-order valence-corrected chi connectivity index (χ3v) is 8.46. The lowest BCUT2D eigenvalue weighted by atomic mass is 9.81. The number of nitrogens with one attached hydrogen (secondary N) is 1. The molecule has 1 heterocycles. The van der Waals surface area contributed by atoms with Crippen LogP contribution in [0.25, 0.3) is 0 Å². The maximum Gasteiger partial charge on any atom is 0.329 e. The van der Waals surface area contributed by atoms with E-state index < -0.39 is 34.5 Å². The van der Waals surface area contributed by atoms with Gasteiger partial charge in [-0.2, -0.15) is 4.31 Å². The Hall–Kier alpha value is -2.79. The van der Waals surface area contributed by atoms with Crippen molar-refractivity contribution in [3.63, 3.8) is 0 Å². The molecule has 0 radical (unpaired) electrons. The lowest BCUT2D eigenvalue weighted by molar-refractivity contribution is -0.159. The lowest BCUT2D eigenvalue weighted by Crippen LogP contribution is -2.45. The highest BCUT2D eigenvalue weighted by atomic mass is 32.2. The summed E-state index contributed by atoms with van der Waals surface area (Å²) >= 11 is 0. The second-order valence-electron chi connectivity index (χ2n) is 8.49. The highest BCUT2D eigenvalue weighted by Crippen LogP contribution is 2.38. The van der Waals surface area contributed by atoms with Gasteiger partial charge in [-0.05, 0) is 38.0 Å². The van der Waals surface area contributed by atoms with Gasteiger partial charge in [-0.25, -0.2) is 13.2 Å². The SMILES string of the molecule is CCN(CC)S(=O)(=O)c1cccc(NC(=O)COC(=O)C(C)N2C(=O)C3CCCCC3C2=O)c1. The Bertz CT molecular complexity index is 1040. The number of fused-ring (bicyclic) bond motifs is 1. The summed E-state index contributed by atoms with van der Waals surface area (Å²) < 4.78 is 31.7. The Morgan fingerprint density at radius 1 is 1.12 bits per heavy atom. The highest BCUT2D eigenvalue weighted by Gasteiger charge is 2.51. The maximum atomic E-state index is 12.7. The highest BCUT2D eigenvalue weighted by molar-refractivity contribution is 7.89. The quantitative estimate of drug-likeness (QED) is 0.410. The van der Waals surface area contributed by atoms with E-state index in [2.05, 4.69) is 5.32 Å². The van der Waals surface area contributed by atoms with Crippen LogP contribution in [-0.2, 0) is 33.9 Å². The van der Waals surface area contributed by atoms with Gasteiger partial charge in [0.05, 0.1) is 16.7 Å². The average molecular weight is 494 g/mol. The van der Waals surface area contributed by atoms with Crippen LogP contribution >= 0.6 is 0 Å². The largest absolute Gasteiger partial charge is 0.454 e. The number of rotatable bonds is 9. The maximum absolute atomic E-state index is 12.7. The van der Waals surface area contributed by atoms with Crippen LogP contribution in [0.3, 0.4) is 0 Å². The molecule has 0 bridgehead atoms. The summed E-state index contributed by atoms with van der Waals surface area (Å²) in [6.07, 6.45) is 3.03. The van der Waals surface area contributed by atoms with Crippen LogP contribution in [0.1, 0.15) is 46.5 Å². The van der Waals surface area contributed by atoms with Gasteiger partial charge in [-0.3, -0.25) is 19.3 Å². The van der Waals surface area contributed by atoms with Gasteiger partial charge in [0, 0.05) is 18.8 Å². The first-order valence-electron chi connectivity index (χ1n) is 11.5. The Morgan fingerprint density at radius 3 is 2.26 bits per heavy atom. The zero-order valence-corrected chi connectivity index (χ0v) is 20.5. The van der Waals surface area contributed by atoms with Crippen molar-refractivity contribution < 1.29 is 32.3 Å². The molecule has 1 aliphatic carbocycles. The van der Waals surface area contributed by atoms with E-state index in [0.717, 1.165) is 17.7 Å². The summed E-state index contributed by atoms with van der Waals surface area (Å²) in [5.74, 6) is -2.98. The molecule has 186 valence electrons. The number of hydrogen-bond acceptors (Lipinski definition) is 7. The second-order valence-corrected chi connectivity index (χ2v) is 10.4. The molecule has 1 aromatic rings. The molecule has 11 heteroatoms. The molecule has 2 fully saturated rings. The Labute approximate surface area is 199 Å². The van der Waals surface area contributed by atoms with Crippen LogP contribution < -0.4 is 5.32 Å². The number of hydrogen-bond donors (Lipinski definition) is 1. The second kappa shape index (κ2) is 10.6. The molecular formula is C23H31N3O7S. The van der Waals surface area contributed by atoms with Crippen LogP contribution in [0, 0.1) is 11.8 Å². The minimum Gasteiger partial charge on any atom is -0.454 e. The first-order valence-corrected chi connectivity index (χ1v) is 13.0. The normalized spacial score (nSPS) is 21.4. The number of esters is 1.